The van der Waals surface area contributed by atoms with Crippen LogP contribution < -0.4 is 5.46 Å². The molecule has 0 saturated carbocycles. The molecule has 0 aliphatic rings. The van der Waals surface area contributed by atoms with Crippen LogP contribution in [0.1, 0.15) is 11.1 Å². The standard InChI is InChI=1S/C22H12F2N4.C15H10ClN3.C7H4BF2NO2/c23-17-11-14(13-25)12-18(24)19(17)22-27-20(15-7-3-1-4-8-15)26-21(28-22)16-9-5-2-6-10-16;16-15-18-13(11-7-3-1-4-8-11)17-14(19-15)12-9-5-2-6-10-12;9-5-1-4(3-11)2-6(10)7(5)8(12)13/h1-12H;1-10H;1-2,12-13H. The minimum Gasteiger partial charge on any atom is -0.423 e. The number of benzene rings is 6. The molecule has 0 saturated heterocycles. The van der Waals surface area contributed by atoms with Crippen LogP contribution in [0.25, 0.3) is 56.9 Å². The van der Waals surface area contributed by atoms with Crippen molar-refractivity contribution in [3.8, 4) is 69.1 Å². The van der Waals surface area contributed by atoms with E-state index < -0.39 is 41.4 Å². The summed E-state index contributed by atoms with van der Waals surface area (Å²) in [6.07, 6.45) is 0. The Morgan fingerprint density at radius 3 is 1.02 bits per heavy atom. The first-order valence-electron chi connectivity index (χ1n) is 17.6. The molecule has 0 aliphatic carbocycles. The summed E-state index contributed by atoms with van der Waals surface area (Å²) in [5.74, 6) is -2.47. The van der Waals surface area contributed by atoms with Crippen molar-refractivity contribution in [1.82, 2.24) is 29.9 Å². The van der Waals surface area contributed by atoms with Gasteiger partial charge in [-0.25, -0.2) is 37.5 Å². The third-order valence-corrected chi connectivity index (χ3v) is 8.40. The summed E-state index contributed by atoms with van der Waals surface area (Å²) in [5.41, 5.74) is 1.66. The Bertz CT molecular complexity index is 2670. The van der Waals surface area contributed by atoms with Gasteiger partial charge in [-0.3, -0.25) is 0 Å². The zero-order chi connectivity index (χ0) is 42.6. The molecule has 2 heterocycles. The topological polar surface area (TPSA) is 165 Å². The van der Waals surface area contributed by atoms with Gasteiger partial charge in [0.1, 0.15) is 23.3 Å². The maximum absolute atomic E-state index is 14.6. The van der Waals surface area contributed by atoms with Crippen LogP contribution in [0, 0.1) is 45.9 Å². The molecular formula is C44H26BClF4N8O2. The molecule has 16 heteroatoms. The van der Waals surface area contributed by atoms with E-state index in [4.69, 9.17) is 32.2 Å². The molecule has 2 aromatic heterocycles. The zero-order valence-electron chi connectivity index (χ0n) is 30.8. The molecule has 0 spiro atoms. The Morgan fingerprint density at radius 1 is 0.433 bits per heavy atom. The van der Waals surface area contributed by atoms with Crippen LogP contribution in [0.15, 0.2) is 146 Å². The first-order valence-corrected chi connectivity index (χ1v) is 18.0. The van der Waals surface area contributed by atoms with Crippen LogP contribution in [0.4, 0.5) is 17.6 Å². The van der Waals surface area contributed by atoms with E-state index in [-0.39, 0.29) is 22.2 Å². The van der Waals surface area contributed by atoms with Crippen molar-refractivity contribution in [2.45, 2.75) is 0 Å². The highest BCUT2D eigenvalue weighted by atomic mass is 35.5. The largest absolute Gasteiger partial charge is 0.494 e. The summed E-state index contributed by atoms with van der Waals surface area (Å²) in [6.45, 7) is 0. The van der Waals surface area contributed by atoms with Gasteiger partial charge in [-0.15, -0.1) is 0 Å². The normalized spacial score (nSPS) is 10.2. The minimum atomic E-state index is -2.22. The molecule has 60 heavy (non-hydrogen) atoms. The average molecular weight is 821 g/mol. The second kappa shape index (κ2) is 19.6. The van der Waals surface area contributed by atoms with Gasteiger partial charge in [0.2, 0.25) is 5.28 Å². The van der Waals surface area contributed by atoms with E-state index in [1.807, 2.05) is 97.1 Å². The van der Waals surface area contributed by atoms with Gasteiger partial charge in [-0.05, 0) is 35.9 Å². The van der Waals surface area contributed by atoms with E-state index in [0.29, 0.717) is 34.4 Å². The Labute approximate surface area is 345 Å². The summed E-state index contributed by atoms with van der Waals surface area (Å²) in [5, 5.41) is 34.5. The van der Waals surface area contributed by atoms with Crippen molar-refractivity contribution in [2.75, 3.05) is 0 Å². The highest BCUT2D eigenvalue weighted by Crippen LogP contribution is 2.29. The quantitative estimate of drug-likeness (QED) is 0.123. The van der Waals surface area contributed by atoms with Gasteiger partial charge < -0.3 is 10.0 Å². The molecule has 0 amide bonds. The van der Waals surface area contributed by atoms with Crippen LogP contribution in [0.3, 0.4) is 0 Å². The molecule has 0 fully saturated rings. The second-order valence-corrected chi connectivity index (χ2v) is 12.6. The molecular weight excluding hydrogens is 795 g/mol. The Balaban J connectivity index is 0.000000163. The lowest BCUT2D eigenvalue weighted by molar-refractivity contribution is 0.419. The molecule has 6 aromatic carbocycles. The average Bonchev–Trinajstić information content (AvgIpc) is 3.27. The van der Waals surface area contributed by atoms with E-state index in [0.717, 1.165) is 35.4 Å². The number of nitrogens with zero attached hydrogens (tertiary/aromatic N) is 8. The minimum absolute atomic E-state index is 0.112. The van der Waals surface area contributed by atoms with Crippen molar-refractivity contribution < 1.29 is 27.6 Å². The lowest BCUT2D eigenvalue weighted by Crippen LogP contribution is -2.35. The lowest BCUT2D eigenvalue weighted by Gasteiger charge is -2.09. The Hall–Kier alpha value is -7.69. The fourth-order valence-corrected chi connectivity index (χ4v) is 5.61. The third kappa shape index (κ3) is 10.4. The molecule has 292 valence electrons. The monoisotopic (exact) mass is 820 g/mol. The molecule has 0 atom stereocenters. The van der Waals surface area contributed by atoms with Gasteiger partial charge >= 0.3 is 7.12 Å². The van der Waals surface area contributed by atoms with Crippen molar-refractivity contribution in [3.05, 3.63) is 185 Å². The number of aromatic nitrogens is 6. The maximum atomic E-state index is 14.6. The molecule has 8 aromatic rings. The summed E-state index contributed by atoms with van der Waals surface area (Å²) in [6, 6.07) is 44.3. The molecule has 0 aliphatic heterocycles. The third-order valence-electron chi connectivity index (χ3n) is 8.23. The fourth-order valence-electron chi connectivity index (χ4n) is 5.45. The molecule has 0 radical (unpaired) electrons. The number of hydrogen-bond acceptors (Lipinski definition) is 10. The molecule has 2 N–H and O–H groups in total. The van der Waals surface area contributed by atoms with E-state index >= 15 is 0 Å². The second-order valence-electron chi connectivity index (χ2n) is 12.3. The summed E-state index contributed by atoms with van der Waals surface area (Å²) in [4.78, 5) is 25.9. The van der Waals surface area contributed by atoms with E-state index in [2.05, 4.69) is 29.9 Å². The Kier molecular flexibility index (Phi) is 13.7. The van der Waals surface area contributed by atoms with Crippen molar-refractivity contribution in [2.24, 2.45) is 0 Å². The van der Waals surface area contributed by atoms with Gasteiger partial charge in [0.25, 0.3) is 0 Å². The van der Waals surface area contributed by atoms with Crippen LogP contribution in [-0.4, -0.2) is 47.1 Å². The Morgan fingerprint density at radius 2 is 0.717 bits per heavy atom. The number of rotatable bonds is 6. The first-order chi connectivity index (χ1) is 29.0. The summed E-state index contributed by atoms with van der Waals surface area (Å²) in [7, 11) is -2.22. The van der Waals surface area contributed by atoms with Crippen molar-refractivity contribution in [1.29, 1.82) is 10.5 Å². The van der Waals surface area contributed by atoms with Gasteiger partial charge in [0, 0.05) is 22.3 Å². The SMILES string of the molecule is Clc1nc(-c2ccccc2)nc(-c2ccccc2)n1.N#Cc1cc(F)c(-c2nc(-c3ccccc3)nc(-c3ccccc3)n2)c(F)c1.N#Cc1cc(F)c(B(O)O)c(F)c1. The smallest absolute Gasteiger partial charge is 0.423 e. The molecule has 0 bridgehead atoms. The maximum Gasteiger partial charge on any atom is 0.494 e. The lowest BCUT2D eigenvalue weighted by atomic mass is 9.79. The molecule has 0 unspecified atom stereocenters. The van der Waals surface area contributed by atoms with Crippen molar-refractivity contribution in [3.63, 3.8) is 0 Å². The van der Waals surface area contributed by atoms with E-state index in [1.54, 1.807) is 30.3 Å². The van der Waals surface area contributed by atoms with Crippen LogP contribution in [0.2, 0.25) is 5.28 Å². The highest BCUT2D eigenvalue weighted by molar-refractivity contribution is 6.58. The van der Waals surface area contributed by atoms with Crippen LogP contribution >= 0.6 is 11.6 Å². The van der Waals surface area contributed by atoms with Crippen LogP contribution in [-0.2, 0) is 0 Å². The first kappa shape index (κ1) is 41.9. The number of halogens is 5. The molecule has 8 rings (SSSR count). The molecule has 10 nitrogen and oxygen atoms in total. The van der Waals surface area contributed by atoms with Gasteiger partial charge in [0.05, 0.1) is 34.3 Å². The summed E-state index contributed by atoms with van der Waals surface area (Å²) >= 11 is 5.99. The fraction of sp³-hybridized carbons (Fsp3) is 0. The van der Waals surface area contributed by atoms with Gasteiger partial charge in [-0.2, -0.15) is 20.5 Å². The number of nitriles is 2. The van der Waals surface area contributed by atoms with Gasteiger partial charge in [-0.1, -0.05) is 121 Å². The summed E-state index contributed by atoms with van der Waals surface area (Å²) < 4.78 is 54.8. The highest BCUT2D eigenvalue weighted by Gasteiger charge is 2.23. The van der Waals surface area contributed by atoms with Crippen molar-refractivity contribution >= 4 is 24.2 Å². The van der Waals surface area contributed by atoms with E-state index in [1.165, 1.54) is 6.07 Å². The van der Waals surface area contributed by atoms with E-state index in [9.17, 15) is 17.6 Å². The zero-order valence-corrected chi connectivity index (χ0v) is 31.6. The number of hydrogen-bond donors (Lipinski definition) is 2. The predicted molar refractivity (Wildman–Crippen MR) is 217 cm³/mol. The predicted octanol–water partition coefficient (Wildman–Crippen LogP) is 8.40. The van der Waals surface area contributed by atoms with Gasteiger partial charge in [0.15, 0.2) is 29.1 Å². The van der Waals surface area contributed by atoms with Crippen LogP contribution in [0.5, 0.6) is 0 Å².